The van der Waals surface area contributed by atoms with Gasteiger partial charge in [0.25, 0.3) is 0 Å². The summed E-state index contributed by atoms with van der Waals surface area (Å²) in [6.45, 7) is 8.15. The van der Waals surface area contributed by atoms with Crippen molar-refractivity contribution in [1.29, 1.82) is 0 Å². The minimum atomic E-state index is 0.0916. The van der Waals surface area contributed by atoms with Gasteiger partial charge in [0.15, 0.2) is 5.96 Å². The summed E-state index contributed by atoms with van der Waals surface area (Å²) in [4.78, 5) is 18.5. The van der Waals surface area contributed by atoms with E-state index < -0.39 is 0 Å². The predicted molar refractivity (Wildman–Crippen MR) is 104 cm³/mol. The SMILES string of the molecule is CCNC(=NCCC(=O)N(C)Cc1ccccc1Br)NC(C)CC. The van der Waals surface area contributed by atoms with Crippen LogP contribution in [0.25, 0.3) is 0 Å². The maximum absolute atomic E-state index is 12.3. The number of hydrogen-bond donors (Lipinski definition) is 2. The molecule has 1 atom stereocenters. The topological polar surface area (TPSA) is 56.7 Å². The summed E-state index contributed by atoms with van der Waals surface area (Å²) in [5.74, 6) is 0.863. The number of hydrogen-bond acceptors (Lipinski definition) is 2. The fraction of sp³-hybridized carbons (Fsp3) is 0.556. The van der Waals surface area contributed by atoms with Crippen molar-refractivity contribution >= 4 is 27.8 Å². The van der Waals surface area contributed by atoms with E-state index in [1.165, 1.54) is 0 Å². The molecule has 0 heterocycles. The van der Waals surface area contributed by atoms with E-state index in [1.807, 2.05) is 38.2 Å². The van der Waals surface area contributed by atoms with Crippen LogP contribution in [-0.4, -0.2) is 42.9 Å². The number of aliphatic imine (C=N–C) groups is 1. The molecule has 0 spiro atoms. The number of rotatable bonds is 8. The lowest BCUT2D eigenvalue weighted by atomic mass is 10.2. The maximum Gasteiger partial charge on any atom is 0.224 e. The Morgan fingerprint density at radius 2 is 2.04 bits per heavy atom. The molecule has 0 saturated heterocycles. The first-order valence-corrected chi connectivity index (χ1v) is 9.29. The molecular weight excluding hydrogens is 368 g/mol. The quantitative estimate of drug-likeness (QED) is 0.524. The highest BCUT2D eigenvalue weighted by atomic mass is 79.9. The Balaban J connectivity index is 2.51. The van der Waals surface area contributed by atoms with Gasteiger partial charge in [0.1, 0.15) is 0 Å². The fourth-order valence-electron chi connectivity index (χ4n) is 2.08. The third-order valence-corrected chi connectivity index (χ3v) is 4.50. The van der Waals surface area contributed by atoms with Gasteiger partial charge < -0.3 is 15.5 Å². The summed E-state index contributed by atoms with van der Waals surface area (Å²) in [7, 11) is 1.83. The standard InChI is InChI=1S/C18H29BrN4O/c1-5-14(3)22-18(20-6-2)21-12-11-17(24)23(4)13-15-9-7-8-10-16(15)19/h7-10,14H,5-6,11-13H2,1-4H3,(H2,20,21,22). The van der Waals surface area contributed by atoms with Crippen LogP contribution in [0.15, 0.2) is 33.7 Å². The van der Waals surface area contributed by atoms with Gasteiger partial charge in [-0.1, -0.05) is 41.1 Å². The highest BCUT2D eigenvalue weighted by Crippen LogP contribution is 2.17. The minimum absolute atomic E-state index is 0.0916. The molecule has 1 unspecified atom stereocenters. The average molecular weight is 397 g/mol. The van der Waals surface area contributed by atoms with Gasteiger partial charge in [-0.15, -0.1) is 0 Å². The van der Waals surface area contributed by atoms with E-state index in [0.717, 1.165) is 29.0 Å². The van der Waals surface area contributed by atoms with E-state index in [1.54, 1.807) is 4.90 Å². The van der Waals surface area contributed by atoms with Crippen LogP contribution in [0.5, 0.6) is 0 Å². The summed E-state index contributed by atoms with van der Waals surface area (Å²) < 4.78 is 1.02. The maximum atomic E-state index is 12.3. The van der Waals surface area contributed by atoms with E-state index >= 15 is 0 Å². The van der Waals surface area contributed by atoms with Crippen LogP contribution >= 0.6 is 15.9 Å². The van der Waals surface area contributed by atoms with Gasteiger partial charge in [-0.3, -0.25) is 9.79 Å². The van der Waals surface area contributed by atoms with Crippen molar-refractivity contribution in [1.82, 2.24) is 15.5 Å². The Morgan fingerprint density at radius 3 is 2.67 bits per heavy atom. The number of carbonyl (C=O) groups excluding carboxylic acids is 1. The minimum Gasteiger partial charge on any atom is -0.357 e. The van der Waals surface area contributed by atoms with Gasteiger partial charge in [0.05, 0.1) is 6.54 Å². The van der Waals surface area contributed by atoms with Crippen LogP contribution in [0.3, 0.4) is 0 Å². The third-order valence-electron chi connectivity index (χ3n) is 3.73. The molecule has 24 heavy (non-hydrogen) atoms. The predicted octanol–water partition coefficient (Wildman–Crippen LogP) is 3.15. The molecule has 1 aromatic carbocycles. The molecule has 0 saturated carbocycles. The number of carbonyl (C=O) groups is 1. The normalized spacial score (nSPS) is 12.6. The zero-order valence-corrected chi connectivity index (χ0v) is 16.7. The molecular formula is C18H29BrN4O. The summed E-state index contributed by atoms with van der Waals surface area (Å²) in [6, 6.07) is 8.31. The Kier molecular flexibility index (Phi) is 9.45. The summed E-state index contributed by atoms with van der Waals surface area (Å²) in [6.07, 6.45) is 1.43. The molecule has 0 aliphatic rings. The molecule has 0 bridgehead atoms. The van der Waals surface area contributed by atoms with Crippen molar-refractivity contribution in [2.75, 3.05) is 20.1 Å². The van der Waals surface area contributed by atoms with E-state index in [0.29, 0.717) is 25.6 Å². The Labute approximate surface area is 154 Å². The van der Waals surface area contributed by atoms with Gasteiger partial charge in [0.2, 0.25) is 5.91 Å². The van der Waals surface area contributed by atoms with Crippen LogP contribution in [0.4, 0.5) is 0 Å². The lowest BCUT2D eigenvalue weighted by molar-refractivity contribution is -0.130. The molecule has 0 fully saturated rings. The molecule has 0 aromatic heterocycles. The lowest BCUT2D eigenvalue weighted by Gasteiger charge is -2.18. The number of amides is 1. The highest BCUT2D eigenvalue weighted by Gasteiger charge is 2.10. The molecule has 134 valence electrons. The van der Waals surface area contributed by atoms with Crippen LogP contribution in [0.2, 0.25) is 0 Å². The molecule has 5 nitrogen and oxygen atoms in total. The van der Waals surface area contributed by atoms with Gasteiger partial charge >= 0.3 is 0 Å². The molecule has 0 aliphatic heterocycles. The molecule has 1 aromatic rings. The first kappa shape index (κ1) is 20.5. The van der Waals surface area contributed by atoms with Crippen molar-refractivity contribution in [3.05, 3.63) is 34.3 Å². The largest absolute Gasteiger partial charge is 0.357 e. The first-order valence-electron chi connectivity index (χ1n) is 8.50. The van der Waals surface area contributed by atoms with Gasteiger partial charge in [0, 0.05) is 37.1 Å². The smallest absolute Gasteiger partial charge is 0.224 e. The lowest BCUT2D eigenvalue weighted by Crippen LogP contribution is -2.42. The summed E-state index contributed by atoms with van der Waals surface area (Å²) in [5, 5.41) is 6.53. The molecule has 1 amide bonds. The van der Waals surface area contributed by atoms with Gasteiger partial charge in [-0.2, -0.15) is 0 Å². The van der Waals surface area contributed by atoms with Crippen LogP contribution in [-0.2, 0) is 11.3 Å². The third kappa shape index (κ3) is 7.34. The summed E-state index contributed by atoms with van der Waals surface area (Å²) >= 11 is 3.52. The molecule has 6 heteroatoms. The number of nitrogens with one attached hydrogen (secondary N) is 2. The van der Waals surface area contributed by atoms with Crippen molar-refractivity contribution in [2.45, 2.75) is 46.2 Å². The van der Waals surface area contributed by atoms with Crippen molar-refractivity contribution in [3.63, 3.8) is 0 Å². The van der Waals surface area contributed by atoms with Crippen LogP contribution in [0.1, 0.15) is 39.2 Å². The van der Waals surface area contributed by atoms with E-state index in [-0.39, 0.29) is 5.91 Å². The number of nitrogens with zero attached hydrogens (tertiary/aromatic N) is 2. The second-order valence-electron chi connectivity index (χ2n) is 5.81. The zero-order valence-electron chi connectivity index (χ0n) is 15.1. The second kappa shape index (κ2) is 11.1. The van der Waals surface area contributed by atoms with Crippen molar-refractivity contribution in [3.8, 4) is 0 Å². The van der Waals surface area contributed by atoms with Crippen molar-refractivity contribution < 1.29 is 4.79 Å². The second-order valence-corrected chi connectivity index (χ2v) is 6.66. The molecule has 2 N–H and O–H groups in total. The van der Waals surface area contributed by atoms with Crippen molar-refractivity contribution in [2.24, 2.45) is 4.99 Å². The van der Waals surface area contributed by atoms with Gasteiger partial charge in [-0.25, -0.2) is 0 Å². The number of guanidine groups is 1. The summed E-state index contributed by atoms with van der Waals surface area (Å²) in [5.41, 5.74) is 1.10. The Morgan fingerprint density at radius 1 is 1.33 bits per heavy atom. The Hall–Kier alpha value is -1.56. The average Bonchev–Trinajstić information content (AvgIpc) is 2.56. The van der Waals surface area contributed by atoms with Gasteiger partial charge in [-0.05, 0) is 31.9 Å². The molecule has 0 aliphatic carbocycles. The zero-order chi connectivity index (χ0) is 17.9. The fourth-order valence-corrected chi connectivity index (χ4v) is 2.49. The van der Waals surface area contributed by atoms with Crippen LogP contribution < -0.4 is 10.6 Å². The van der Waals surface area contributed by atoms with Crippen LogP contribution in [0, 0.1) is 0 Å². The molecule has 0 radical (unpaired) electrons. The van der Waals surface area contributed by atoms with E-state index in [9.17, 15) is 4.79 Å². The monoisotopic (exact) mass is 396 g/mol. The molecule has 1 rings (SSSR count). The Bertz CT molecular complexity index is 548. The number of benzene rings is 1. The highest BCUT2D eigenvalue weighted by molar-refractivity contribution is 9.10. The first-order chi connectivity index (χ1) is 11.5. The van der Waals surface area contributed by atoms with E-state index in [4.69, 9.17) is 0 Å². The van der Waals surface area contributed by atoms with E-state index in [2.05, 4.69) is 45.4 Å². The number of halogens is 1.